The van der Waals surface area contributed by atoms with Crippen LogP contribution in [0.4, 0.5) is 4.79 Å². The molecular formula is C11H16N2O4S. The molecule has 7 heteroatoms. The van der Waals surface area contributed by atoms with E-state index in [1.54, 1.807) is 17.8 Å². The van der Waals surface area contributed by atoms with Gasteiger partial charge in [-0.05, 0) is 25.3 Å². The summed E-state index contributed by atoms with van der Waals surface area (Å²) in [5.41, 5.74) is -1.58. The number of carbonyl (C=O) groups is 2. The predicted octanol–water partition coefficient (Wildman–Crippen LogP) is 1.24. The fraction of sp³-hybridized carbons (Fsp3) is 0.455. The summed E-state index contributed by atoms with van der Waals surface area (Å²) in [6.45, 7) is 1.85. The van der Waals surface area contributed by atoms with Crippen LogP contribution in [0.5, 0.6) is 0 Å². The molecule has 0 aliphatic heterocycles. The predicted molar refractivity (Wildman–Crippen MR) is 68.6 cm³/mol. The Hall–Kier alpha value is -1.63. The number of thioether (sulfide) groups is 1. The smallest absolute Gasteiger partial charge is 0.337 e. The number of carboxylic acids is 1. The Bertz CT molecular complexity index is 407. The van der Waals surface area contributed by atoms with Gasteiger partial charge >= 0.3 is 12.0 Å². The van der Waals surface area contributed by atoms with E-state index in [1.807, 2.05) is 6.26 Å². The van der Waals surface area contributed by atoms with Crippen molar-refractivity contribution in [1.82, 2.24) is 10.6 Å². The zero-order chi connectivity index (χ0) is 13.6. The summed E-state index contributed by atoms with van der Waals surface area (Å²) in [5, 5.41) is 14.2. The van der Waals surface area contributed by atoms with Crippen LogP contribution in [0.25, 0.3) is 0 Å². The molecule has 18 heavy (non-hydrogen) atoms. The van der Waals surface area contributed by atoms with Crippen molar-refractivity contribution in [2.45, 2.75) is 12.5 Å². The van der Waals surface area contributed by atoms with Crippen molar-refractivity contribution in [1.29, 1.82) is 0 Å². The number of hydrogen-bond donors (Lipinski definition) is 3. The van der Waals surface area contributed by atoms with Crippen molar-refractivity contribution in [2.75, 3.05) is 18.6 Å². The van der Waals surface area contributed by atoms with E-state index < -0.39 is 17.5 Å². The lowest BCUT2D eigenvalue weighted by Crippen LogP contribution is -2.53. The van der Waals surface area contributed by atoms with Crippen LogP contribution >= 0.6 is 11.8 Å². The lowest BCUT2D eigenvalue weighted by atomic mass is 9.99. The van der Waals surface area contributed by atoms with Gasteiger partial charge in [0.1, 0.15) is 5.76 Å². The van der Waals surface area contributed by atoms with Gasteiger partial charge < -0.3 is 20.2 Å². The third-order valence-corrected chi connectivity index (χ3v) is 3.01. The molecule has 0 spiro atoms. The van der Waals surface area contributed by atoms with Crippen LogP contribution < -0.4 is 10.6 Å². The van der Waals surface area contributed by atoms with E-state index in [1.165, 1.54) is 19.3 Å². The van der Waals surface area contributed by atoms with Gasteiger partial charge in [0, 0.05) is 12.3 Å². The highest BCUT2D eigenvalue weighted by Gasteiger charge is 2.39. The Morgan fingerprint density at radius 2 is 2.28 bits per heavy atom. The number of carbonyl (C=O) groups excluding carboxylic acids is 1. The van der Waals surface area contributed by atoms with E-state index >= 15 is 0 Å². The Balaban J connectivity index is 2.70. The topological polar surface area (TPSA) is 91.6 Å². The van der Waals surface area contributed by atoms with E-state index in [0.717, 1.165) is 5.75 Å². The van der Waals surface area contributed by atoms with Crippen LogP contribution in [-0.4, -0.2) is 35.7 Å². The first-order valence-corrected chi connectivity index (χ1v) is 6.72. The van der Waals surface area contributed by atoms with Crippen LogP contribution in [0.3, 0.4) is 0 Å². The fourth-order valence-electron chi connectivity index (χ4n) is 1.32. The number of carboxylic acid groups (broad SMARTS) is 1. The van der Waals surface area contributed by atoms with Gasteiger partial charge in [-0.25, -0.2) is 9.59 Å². The molecular weight excluding hydrogens is 256 g/mol. The van der Waals surface area contributed by atoms with Crippen molar-refractivity contribution < 1.29 is 19.1 Å². The Kier molecular flexibility index (Phi) is 5.08. The van der Waals surface area contributed by atoms with Crippen molar-refractivity contribution in [3.63, 3.8) is 0 Å². The summed E-state index contributed by atoms with van der Waals surface area (Å²) in [7, 11) is 0. The van der Waals surface area contributed by atoms with Crippen LogP contribution in [0, 0.1) is 0 Å². The highest BCUT2D eigenvalue weighted by Crippen LogP contribution is 2.21. The van der Waals surface area contributed by atoms with Gasteiger partial charge in [-0.15, -0.1) is 0 Å². The average Bonchev–Trinajstić information content (AvgIpc) is 2.82. The molecule has 1 unspecified atom stereocenters. The highest BCUT2D eigenvalue weighted by atomic mass is 32.2. The second-order valence-corrected chi connectivity index (χ2v) is 4.77. The number of aliphatic carboxylic acids is 1. The summed E-state index contributed by atoms with van der Waals surface area (Å²) in [5.74, 6) is -0.245. The lowest BCUT2D eigenvalue weighted by molar-refractivity contribution is -0.144. The maximum atomic E-state index is 11.6. The number of rotatable bonds is 6. The second-order valence-electron chi connectivity index (χ2n) is 3.78. The molecule has 0 fully saturated rings. The van der Waals surface area contributed by atoms with E-state index in [-0.39, 0.29) is 5.76 Å². The van der Waals surface area contributed by atoms with Crippen molar-refractivity contribution in [3.05, 3.63) is 24.2 Å². The average molecular weight is 272 g/mol. The minimum absolute atomic E-state index is 0.176. The minimum Gasteiger partial charge on any atom is -0.479 e. The molecule has 100 valence electrons. The van der Waals surface area contributed by atoms with Crippen LogP contribution in [-0.2, 0) is 10.3 Å². The van der Waals surface area contributed by atoms with Crippen molar-refractivity contribution in [2.24, 2.45) is 0 Å². The quantitative estimate of drug-likeness (QED) is 0.678. The van der Waals surface area contributed by atoms with Gasteiger partial charge in [-0.3, -0.25) is 0 Å². The van der Waals surface area contributed by atoms with Crippen molar-refractivity contribution in [3.8, 4) is 0 Å². The van der Waals surface area contributed by atoms with Gasteiger partial charge in [0.05, 0.1) is 6.26 Å². The van der Waals surface area contributed by atoms with E-state index in [2.05, 4.69) is 10.6 Å². The summed E-state index contributed by atoms with van der Waals surface area (Å²) in [6, 6.07) is 2.55. The molecule has 0 radical (unpaired) electrons. The van der Waals surface area contributed by atoms with Gasteiger partial charge in [-0.2, -0.15) is 11.8 Å². The lowest BCUT2D eigenvalue weighted by Gasteiger charge is -2.24. The van der Waals surface area contributed by atoms with Crippen LogP contribution in [0.1, 0.15) is 12.7 Å². The maximum absolute atomic E-state index is 11.6. The molecule has 0 saturated carbocycles. The number of furan rings is 1. The normalized spacial score (nSPS) is 13.7. The number of amides is 2. The summed E-state index contributed by atoms with van der Waals surface area (Å²) in [6.07, 6.45) is 3.29. The Labute approximate surface area is 109 Å². The number of nitrogens with one attached hydrogen (secondary N) is 2. The molecule has 6 nitrogen and oxygen atoms in total. The van der Waals surface area contributed by atoms with Gasteiger partial charge in [0.15, 0.2) is 5.54 Å². The zero-order valence-electron chi connectivity index (χ0n) is 10.2. The first kappa shape index (κ1) is 14.4. The number of hydrogen-bond acceptors (Lipinski definition) is 4. The molecule has 2 amide bonds. The first-order valence-electron chi connectivity index (χ1n) is 5.33. The standard InChI is InChI=1S/C11H16N2O4S/c1-11(9(14)15,8-4-3-6-17-8)13-10(16)12-5-7-18-2/h3-4,6H,5,7H2,1-2H3,(H,14,15)(H2,12,13,16). The third kappa shape index (κ3) is 3.43. The molecule has 0 aromatic carbocycles. The van der Waals surface area contributed by atoms with E-state index in [0.29, 0.717) is 6.54 Å². The molecule has 1 aromatic heterocycles. The molecule has 0 aliphatic carbocycles. The summed E-state index contributed by atoms with van der Waals surface area (Å²) in [4.78, 5) is 22.9. The van der Waals surface area contributed by atoms with Crippen molar-refractivity contribution >= 4 is 23.8 Å². The van der Waals surface area contributed by atoms with Crippen LogP contribution in [0.2, 0.25) is 0 Å². The third-order valence-electron chi connectivity index (χ3n) is 2.40. The Morgan fingerprint density at radius 1 is 1.56 bits per heavy atom. The van der Waals surface area contributed by atoms with Crippen LogP contribution in [0.15, 0.2) is 22.8 Å². The highest BCUT2D eigenvalue weighted by molar-refractivity contribution is 7.98. The second kappa shape index (κ2) is 6.34. The molecule has 1 aromatic rings. The van der Waals surface area contributed by atoms with Gasteiger partial charge in [0.25, 0.3) is 0 Å². The molecule has 1 heterocycles. The zero-order valence-corrected chi connectivity index (χ0v) is 11.0. The van der Waals surface area contributed by atoms with E-state index in [4.69, 9.17) is 4.42 Å². The summed E-state index contributed by atoms with van der Waals surface area (Å²) >= 11 is 1.59. The molecule has 3 N–H and O–H groups in total. The molecule has 0 bridgehead atoms. The molecule has 0 saturated heterocycles. The largest absolute Gasteiger partial charge is 0.479 e. The Morgan fingerprint density at radius 3 is 2.78 bits per heavy atom. The SMILES string of the molecule is CSCCNC(=O)NC(C)(C(=O)O)c1ccco1. The first-order chi connectivity index (χ1) is 8.50. The molecule has 1 rings (SSSR count). The monoisotopic (exact) mass is 272 g/mol. The molecule has 0 aliphatic rings. The van der Waals surface area contributed by atoms with E-state index in [9.17, 15) is 14.7 Å². The summed E-state index contributed by atoms with van der Waals surface area (Å²) < 4.78 is 5.06. The minimum atomic E-state index is -1.58. The van der Waals surface area contributed by atoms with Gasteiger partial charge in [-0.1, -0.05) is 0 Å². The maximum Gasteiger partial charge on any atom is 0.337 e. The number of urea groups is 1. The molecule has 1 atom stereocenters. The fourth-order valence-corrected chi connectivity index (χ4v) is 1.63. The van der Waals surface area contributed by atoms with Gasteiger partial charge in [0.2, 0.25) is 0 Å².